The highest BCUT2D eigenvalue weighted by atomic mass is 15.1. The van der Waals surface area contributed by atoms with Crippen LogP contribution in [-0.2, 0) is 0 Å². The van der Waals surface area contributed by atoms with Gasteiger partial charge in [0, 0.05) is 16.8 Å². The number of nitrogens with zero attached hydrogens (tertiary/aromatic N) is 3. The molecule has 0 amide bonds. The Balaban J connectivity index is 1.67. The van der Waals surface area contributed by atoms with E-state index >= 15 is 0 Å². The minimum absolute atomic E-state index is 0.619. The van der Waals surface area contributed by atoms with E-state index in [0.717, 1.165) is 22.4 Å². The third-order valence-corrected chi connectivity index (χ3v) is 6.26. The fraction of sp³-hybridized carbons (Fsp3) is 0. The number of hydrogen-bond acceptors (Lipinski definition) is 3. The van der Waals surface area contributed by atoms with E-state index in [1.54, 1.807) is 0 Å². The van der Waals surface area contributed by atoms with Crippen molar-refractivity contribution in [1.82, 2.24) is 0 Å². The third-order valence-electron chi connectivity index (χ3n) is 6.26. The van der Waals surface area contributed by atoms with E-state index in [1.165, 1.54) is 26.9 Å². The quantitative estimate of drug-likeness (QED) is 0.275. The largest absolute Gasteiger partial charge is 0.310 e. The summed E-state index contributed by atoms with van der Waals surface area (Å²) in [5.74, 6) is 0. The summed E-state index contributed by atoms with van der Waals surface area (Å²) in [4.78, 5) is 2.19. The van der Waals surface area contributed by atoms with E-state index in [1.807, 2.05) is 48.5 Å². The summed E-state index contributed by atoms with van der Waals surface area (Å²) < 4.78 is 0. The normalized spacial score (nSPS) is 11.0. The van der Waals surface area contributed by atoms with Gasteiger partial charge in [0.1, 0.15) is 0 Å². The van der Waals surface area contributed by atoms with Crippen molar-refractivity contribution in [3.8, 4) is 12.1 Å². The average Bonchev–Trinajstić information content (AvgIpc) is 2.89. The summed E-state index contributed by atoms with van der Waals surface area (Å²) in [6.07, 6.45) is 0. The second kappa shape index (κ2) is 7.38. The highest BCUT2D eigenvalue weighted by Gasteiger charge is 2.18. The molecule has 0 fully saturated rings. The first kappa shape index (κ1) is 18.9. The predicted molar refractivity (Wildman–Crippen MR) is 134 cm³/mol. The lowest BCUT2D eigenvalue weighted by molar-refractivity contribution is 1.29. The summed E-state index contributed by atoms with van der Waals surface area (Å²) >= 11 is 0. The molecule has 152 valence electrons. The van der Waals surface area contributed by atoms with Gasteiger partial charge in [0.05, 0.1) is 29.0 Å². The summed E-state index contributed by atoms with van der Waals surface area (Å²) in [5.41, 5.74) is 4.19. The molecule has 0 bridgehead atoms. The van der Waals surface area contributed by atoms with Gasteiger partial charge in [0.15, 0.2) is 0 Å². The first-order valence-corrected chi connectivity index (χ1v) is 10.7. The van der Waals surface area contributed by atoms with Gasteiger partial charge in [-0.05, 0) is 81.5 Å². The monoisotopic (exact) mass is 419 g/mol. The molecule has 0 radical (unpaired) electrons. The van der Waals surface area contributed by atoms with E-state index in [0.29, 0.717) is 11.1 Å². The van der Waals surface area contributed by atoms with Crippen LogP contribution in [0.2, 0.25) is 0 Å². The molecule has 0 N–H and O–H groups in total. The van der Waals surface area contributed by atoms with Crippen LogP contribution in [0.25, 0.3) is 32.3 Å². The molecule has 0 spiro atoms. The maximum absolute atomic E-state index is 9.26. The first-order chi connectivity index (χ1) is 16.3. The Hall–Kier alpha value is -4.86. The molecular formula is C30H17N3. The van der Waals surface area contributed by atoms with Crippen LogP contribution in [0.15, 0.2) is 103 Å². The number of benzene rings is 6. The molecule has 6 aromatic rings. The SMILES string of the molecule is N#Cc1ccc(N(c2ccc(C#N)cc2)c2ccc3ccc4cccc5ccc2c3c45)cc1. The predicted octanol–water partition coefficient (Wildman–Crippen LogP) is 7.80. The van der Waals surface area contributed by atoms with Gasteiger partial charge in [0.25, 0.3) is 0 Å². The van der Waals surface area contributed by atoms with Gasteiger partial charge >= 0.3 is 0 Å². The van der Waals surface area contributed by atoms with Crippen molar-refractivity contribution in [2.24, 2.45) is 0 Å². The molecule has 0 saturated heterocycles. The first-order valence-electron chi connectivity index (χ1n) is 10.7. The van der Waals surface area contributed by atoms with E-state index in [4.69, 9.17) is 0 Å². The Morgan fingerprint density at radius 3 is 1.52 bits per heavy atom. The Morgan fingerprint density at radius 1 is 0.485 bits per heavy atom. The van der Waals surface area contributed by atoms with Gasteiger partial charge in [0.2, 0.25) is 0 Å². The molecule has 6 aromatic carbocycles. The van der Waals surface area contributed by atoms with Crippen molar-refractivity contribution in [2.45, 2.75) is 0 Å². The summed E-state index contributed by atoms with van der Waals surface area (Å²) in [7, 11) is 0. The number of anilines is 3. The molecule has 0 atom stereocenters. The summed E-state index contributed by atoms with van der Waals surface area (Å²) in [5, 5.41) is 25.9. The minimum atomic E-state index is 0.619. The van der Waals surface area contributed by atoms with E-state index in [-0.39, 0.29) is 0 Å². The van der Waals surface area contributed by atoms with E-state index < -0.39 is 0 Å². The molecule has 0 aliphatic heterocycles. The Labute approximate surface area is 191 Å². The highest BCUT2D eigenvalue weighted by molar-refractivity contribution is 6.25. The third kappa shape index (κ3) is 2.96. The van der Waals surface area contributed by atoms with Crippen molar-refractivity contribution >= 4 is 49.4 Å². The van der Waals surface area contributed by atoms with Gasteiger partial charge in [-0.3, -0.25) is 0 Å². The van der Waals surface area contributed by atoms with Crippen LogP contribution in [0.4, 0.5) is 17.1 Å². The van der Waals surface area contributed by atoms with Crippen molar-refractivity contribution in [3.63, 3.8) is 0 Å². The lowest BCUT2D eigenvalue weighted by Crippen LogP contribution is -2.10. The molecule has 0 unspecified atom stereocenters. The lowest BCUT2D eigenvalue weighted by atomic mass is 9.93. The molecule has 33 heavy (non-hydrogen) atoms. The van der Waals surface area contributed by atoms with Crippen LogP contribution in [-0.4, -0.2) is 0 Å². The molecular weight excluding hydrogens is 402 g/mol. The van der Waals surface area contributed by atoms with Crippen LogP contribution in [0, 0.1) is 22.7 Å². The molecule has 0 aliphatic carbocycles. The van der Waals surface area contributed by atoms with Crippen molar-refractivity contribution in [1.29, 1.82) is 10.5 Å². The Morgan fingerprint density at radius 2 is 0.970 bits per heavy atom. The number of nitriles is 2. The Bertz CT molecular complexity index is 1640. The van der Waals surface area contributed by atoms with Gasteiger partial charge < -0.3 is 4.90 Å². The Kier molecular flexibility index (Phi) is 4.22. The van der Waals surface area contributed by atoms with E-state index in [9.17, 15) is 10.5 Å². The second-order valence-corrected chi connectivity index (χ2v) is 8.09. The maximum Gasteiger partial charge on any atom is 0.0991 e. The van der Waals surface area contributed by atoms with Crippen LogP contribution in [0.1, 0.15) is 11.1 Å². The standard InChI is InChI=1S/C30H17N3/c31-18-20-4-12-25(13-5-20)33(26-14-6-21(19-32)7-15-26)28-17-11-24-9-8-22-2-1-3-23-10-16-27(28)30(24)29(22)23/h1-17H. The van der Waals surface area contributed by atoms with Crippen molar-refractivity contribution in [2.75, 3.05) is 4.90 Å². The zero-order valence-corrected chi connectivity index (χ0v) is 17.7. The smallest absolute Gasteiger partial charge is 0.0991 e. The molecule has 3 heteroatoms. The zero-order chi connectivity index (χ0) is 22.4. The topological polar surface area (TPSA) is 50.8 Å². The molecule has 0 saturated carbocycles. The minimum Gasteiger partial charge on any atom is -0.310 e. The fourth-order valence-corrected chi connectivity index (χ4v) is 4.71. The summed E-state index contributed by atoms with van der Waals surface area (Å²) in [6, 6.07) is 39.1. The highest BCUT2D eigenvalue weighted by Crippen LogP contribution is 2.43. The fourth-order valence-electron chi connectivity index (χ4n) is 4.71. The van der Waals surface area contributed by atoms with Gasteiger partial charge in [-0.25, -0.2) is 0 Å². The second-order valence-electron chi connectivity index (χ2n) is 8.09. The molecule has 0 heterocycles. The van der Waals surface area contributed by atoms with Crippen molar-refractivity contribution in [3.05, 3.63) is 114 Å². The number of rotatable bonds is 3. The van der Waals surface area contributed by atoms with E-state index in [2.05, 4.69) is 71.6 Å². The zero-order valence-electron chi connectivity index (χ0n) is 17.7. The van der Waals surface area contributed by atoms with Crippen LogP contribution >= 0.6 is 0 Å². The van der Waals surface area contributed by atoms with Crippen LogP contribution < -0.4 is 4.90 Å². The van der Waals surface area contributed by atoms with Gasteiger partial charge in [-0.2, -0.15) is 10.5 Å². The lowest BCUT2D eigenvalue weighted by Gasteiger charge is -2.27. The summed E-state index contributed by atoms with van der Waals surface area (Å²) in [6.45, 7) is 0. The maximum atomic E-state index is 9.26. The average molecular weight is 419 g/mol. The molecule has 6 rings (SSSR count). The van der Waals surface area contributed by atoms with Gasteiger partial charge in [-0.15, -0.1) is 0 Å². The number of hydrogen-bond donors (Lipinski definition) is 0. The molecule has 3 nitrogen and oxygen atoms in total. The van der Waals surface area contributed by atoms with Crippen LogP contribution in [0.5, 0.6) is 0 Å². The van der Waals surface area contributed by atoms with Crippen LogP contribution in [0.3, 0.4) is 0 Å². The molecule has 0 aromatic heterocycles. The van der Waals surface area contributed by atoms with Gasteiger partial charge in [-0.1, -0.05) is 48.5 Å². The van der Waals surface area contributed by atoms with Crippen molar-refractivity contribution < 1.29 is 0 Å². The molecule has 0 aliphatic rings.